The summed E-state index contributed by atoms with van der Waals surface area (Å²) in [5, 5.41) is 9.51. The van der Waals surface area contributed by atoms with Crippen LogP contribution in [0.5, 0.6) is 0 Å². The van der Waals surface area contributed by atoms with E-state index in [1.54, 1.807) is 0 Å². The Balaban J connectivity index is 2.27. The number of hydrogen-bond donors (Lipinski definition) is 2. The number of nitrogens with zero attached hydrogens (tertiary/aromatic N) is 1. The summed E-state index contributed by atoms with van der Waals surface area (Å²) < 4.78 is 0. The van der Waals surface area contributed by atoms with E-state index in [9.17, 15) is 9.90 Å². The zero-order chi connectivity index (χ0) is 13.7. The van der Waals surface area contributed by atoms with Crippen LogP contribution in [-0.2, 0) is 0 Å². The summed E-state index contributed by atoms with van der Waals surface area (Å²) >= 11 is 0. The fraction of sp³-hybridized carbons (Fsp3) is 0.400. The van der Waals surface area contributed by atoms with Crippen molar-refractivity contribution in [1.29, 1.82) is 0 Å². The molecule has 2 atom stereocenters. The van der Waals surface area contributed by atoms with Crippen molar-refractivity contribution < 1.29 is 9.90 Å². The fourth-order valence-electron chi connectivity index (χ4n) is 2.55. The van der Waals surface area contributed by atoms with Gasteiger partial charge in [-0.1, -0.05) is 30.4 Å². The summed E-state index contributed by atoms with van der Waals surface area (Å²) in [5.74, 6) is 0. The standard InChI is InChI=1S/C15H20N2O2/c16-13-10-6-1-2-7-11-14(13)17(15(18)19)12-8-4-3-5-9-12/h1-5,8-9,13-14H,6-7,10-11,16H2,(H,18,19). The van der Waals surface area contributed by atoms with Gasteiger partial charge in [-0.15, -0.1) is 0 Å². The average Bonchev–Trinajstić information content (AvgIpc) is 2.39. The maximum absolute atomic E-state index is 11.6. The van der Waals surface area contributed by atoms with Crippen LogP contribution < -0.4 is 10.6 Å². The number of carbonyl (C=O) groups is 1. The number of rotatable bonds is 2. The third-order valence-corrected chi connectivity index (χ3v) is 3.53. The minimum atomic E-state index is -0.934. The van der Waals surface area contributed by atoms with E-state index < -0.39 is 6.09 Å². The third kappa shape index (κ3) is 3.35. The van der Waals surface area contributed by atoms with Crippen molar-refractivity contribution in [1.82, 2.24) is 0 Å². The first-order valence-corrected chi connectivity index (χ1v) is 6.68. The van der Waals surface area contributed by atoms with Crippen LogP contribution >= 0.6 is 0 Å². The lowest BCUT2D eigenvalue weighted by atomic mass is 9.94. The van der Waals surface area contributed by atoms with E-state index in [0.29, 0.717) is 5.69 Å². The molecule has 0 aliphatic heterocycles. The van der Waals surface area contributed by atoms with Crippen LogP contribution in [0, 0.1) is 0 Å². The highest BCUT2D eigenvalue weighted by Gasteiger charge is 2.29. The number of carboxylic acid groups (broad SMARTS) is 1. The highest BCUT2D eigenvalue weighted by Crippen LogP contribution is 2.24. The molecule has 1 aliphatic carbocycles. The minimum absolute atomic E-state index is 0.124. The summed E-state index contributed by atoms with van der Waals surface area (Å²) in [6.07, 6.45) is 6.68. The molecule has 1 aromatic rings. The van der Waals surface area contributed by atoms with Gasteiger partial charge in [-0.25, -0.2) is 4.79 Å². The topological polar surface area (TPSA) is 66.6 Å². The molecule has 4 nitrogen and oxygen atoms in total. The zero-order valence-electron chi connectivity index (χ0n) is 10.9. The number of amides is 1. The molecule has 0 aromatic heterocycles. The van der Waals surface area contributed by atoms with Crippen molar-refractivity contribution in [3.05, 3.63) is 42.5 Å². The predicted octanol–water partition coefficient (Wildman–Crippen LogP) is 3.00. The Morgan fingerprint density at radius 1 is 1.16 bits per heavy atom. The Morgan fingerprint density at radius 2 is 1.79 bits per heavy atom. The Bertz CT molecular complexity index is 445. The third-order valence-electron chi connectivity index (χ3n) is 3.53. The molecule has 1 aromatic carbocycles. The Hall–Kier alpha value is -1.81. The molecule has 4 heteroatoms. The highest BCUT2D eigenvalue weighted by molar-refractivity contribution is 5.86. The highest BCUT2D eigenvalue weighted by atomic mass is 16.4. The summed E-state index contributed by atoms with van der Waals surface area (Å²) in [6.45, 7) is 0. The summed E-state index contributed by atoms with van der Waals surface area (Å²) in [5.41, 5.74) is 6.88. The molecule has 3 N–H and O–H groups in total. The van der Waals surface area contributed by atoms with Crippen molar-refractivity contribution in [2.75, 3.05) is 4.90 Å². The second kappa shape index (κ2) is 6.38. The van der Waals surface area contributed by atoms with Gasteiger partial charge in [0.15, 0.2) is 0 Å². The van der Waals surface area contributed by atoms with Gasteiger partial charge in [-0.3, -0.25) is 4.90 Å². The van der Waals surface area contributed by atoms with Gasteiger partial charge in [-0.2, -0.15) is 0 Å². The molecule has 2 unspecified atom stereocenters. The van der Waals surface area contributed by atoms with Gasteiger partial charge in [0, 0.05) is 11.7 Å². The maximum Gasteiger partial charge on any atom is 0.412 e. The second-order valence-corrected chi connectivity index (χ2v) is 4.85. The smallest absolute Gasteiger partial charge is 0.412 e. The van der Waals surface area contributed by atoms with Crippen LogP contribution in [-0.4, -0.2) is 23.3 Å². The van der Waals surface area contributed by atoms with Crippen molar-refractivity contribution in [2.24, 2.45) is 5.73 Å². The van der Waals surface area contributed by atoms with Crippen LogP contribution in [0.2, 0.25) is 0 Å². The molecule has 0 spiro atoms. The first-order valence-electron chi connectivity index (χ1n) is 6.68. The molecular formula is C15H20N2O2. The lowest BCUT2D eigenvalue weighted by Crippen LogP contribution is -2.50. The molecule has 2 rings (SSSR count). The van der Waals surface area contributed by atoms with Crippen LogP contribution in [0.15, 0.2) is 42.5 Å². The number of para-hydroxylation sites is 1. The Labute approximate surface area is 113 Å². The molecular weight excluding hydrogens is 240 g/mol. The summed E-state index contributed by atoms with van der Waals surface area (Å²) in [6, 6.07) is 8.92. The molecule has 0 saturated heterocycles. The average molecular weight is 260 g/mol. The van der Waals surface area contributed by atoms with E-state index in [0.717, 1.165) is 25.7 Å². The van der Waals surface area contributed by atoms with Gasteiger partial charge in [0.25, 0.3) is 0 Å². The number of hydrogen-bond acceptors (Lipinski definition) is 2. The van der Waals surface area contributed by atoms with E-state index in [-0.39, 0.29) is 12.1 Å². The molecule has 1 aliphatic rings. The van der Waals surface area contributed by atoms with Crippen LogP contribution in [0.1, 0.15) is 25.7 Å². The number of nitrogens with two attached hydrogens (primary N) is 1. The second-order valence-electron chi connectivity index (χ2n) is 4.85. The minimum Gasteiger partial charge on any atom is -0.465 e. The van der Waals surface area contributed by atoms with E-state index in [4.69, 9.17) is 5.73 Å². The molecule has 19 heavy (non-hydrogen) atoms. The zero-order valence-corrected chi connectivity index (χ0v) is 10.9. The molecule has 102 valence electrons. The molecule has 0 heterocycles. The lowest BCUT2D eigenvalue weighted by Gasteiger charge is -2.34. The maximum atomic E-state index is 11.6. The van der Waals surface area contributed by atoms with Gasteiger partial charge in [0.05, 0.1) is 6.04 Å². The molecule has 0 saturated carbocycles. The molecule has 0 fully saturated rings. The van der Waals surface area contributed by atoms with Crippen molar-refractivity contribution in [2.45, 2.75) is 37.8 Å². The monoisotopic (exact) mass is 260 g/mol. The number of benzene rings is 1. The van der Waals surface area contributed by atoms with Gasteiger partial charge < -0.3 is 10.8 Å². The van der Waals surface area contributed by atoms with Crippen molar-refractivity contribution in [3.8, 4) is 0 Å². The SMILES string of the molecule is NC1CCC=CCCC1N(C(=O)O)c1ccccc1. The van der Waals surface area contributed by atoms with Crippen molar-refractivity contribution >= 4 is 11.8 Å². The van der Waals surface area contributed by atoms with Gasteiger partial charge in [-0.05, 0) is 37.8 Å². The Kier molecular flexibility index (Phi) is 4.58. The van der Waals surface area contributed by atoms with Gasteiger partial charge in [0.1, 0.15) is 0 Å². The predicted molar refractivity (Wildman–Crippen MR) is 76.3 cm³/mol. The summed E-state index contributed by atoms with van der Waals surface area (Å²) in [7, 11) is 0. The first-order chi connectivity index (χ1) is 9.20. The number of anilines is 1. The summed E-state index contributed by atoms with van der Waals surface area (Å²) in [4.78, 5) is 13.0. The van der Waals surface area contributed by atoms with Crippen LogP contribution in [0.3, 0.4) is 0 Å². The largest absolute Gasteiger partial charge is 0.465 e. The van der Waals surface area contributed by atoms with Crippen LogP contribution in [0.4, 0.5) is 10.5 Å². The Morgan fingerprint density at radius 3 is 2.42 bits per heavy atom. The first kappa shape index (κ1) is 13.6. The van der Waals surface area contributed by atoms with E-state index in [2.05, 4.69) is 12.2 Å². The van der Waals surface area contributed by atoms with Crippen molar-refractivity contribution in [3.63, 3.8) is 0 Å². The fourth-order valence-corrected chi connectivity index (χ4v) is 2.55. The molecule has 0 radical (unpaired) electrons. The lowest BCUT2D eigenvalue weighted by molar-refractivity contribution is 0.196. The quantitative estimate of drug-likeness (QED) is 0.803. The van der Waals surface area contributed by atoms with Gasteiger partial charge >= 0.3 is 6.09 Å². The van der Waals surface area contributed by atoms with Crippen LogP contribution in [0.25, 0.3) is 0 Å². The van der Waals surface area contributed by atoms with Gasteiger partial charge in [0.2, 0.25) is 0 Å². The molecule has 0 bridgehead atoms. The van der Waals surface area contributed by atoms with E-state index in [1.165, 1.54) is 4.90 Å². The van der Waals surface area contributed by atoms with E-state index in [1.807, 2.05) is 30.3 Å². The van der Waals surface area contributed by atoms with E-state index >= 15 is 0 Å². The normalized spacial score (nSPS) is 23.4. The number of allylic oxidation sites excluding steroid dienone is 2. The molecule has 1 amide bonds.